The highest BCUT2D eigenvalue weighted by Gasteiger charge is 2.78. The largest absolute Gasteiger partial charge is 0.449 e. The molecule has 0 radical (unpaired) electrons. The molecule has 3 fully saturated rings. The number of rotatable bonds is 4. The quantitative estimate of drug-likeness (QED) is 0.564. The van der Waals surface area contributed by atoms with E-state index in [9.17, 15) is 23.9 Å². The molecular weight excluding hydrogens is 469 g/mol. The number of halogens is 3. The number of fused-ring (bicyclic) bond motifs is 5. The Labute approximate surface area is 202 Å². The van der Waals surface area contributed by atoms with E-state index in [0.29, 0.717) is 11.8 Å². The molecule has 0 spiro atoms. The first-order valence-electron chi connectivity index (χ1n) is 12.0. The molecule has 0 saturated heterocycles. The van der Waals surface area contributed by atoms with Gasteiger partial charge in [-0.1, -0.05) is 27.7 Å². The number of aliphatic hydroxyl groups is 1. The molecule has 0 aliphatic heterocycles. The summed E-state index contributed by atoms with van der Waals surface area (Å²) in [6.45, 7) is 6.58. The van der Waals surface area contributed by atoms with Crippen molar-refractivity contribution in [3.05, 3.63) is 11.6 Å². The van der Waals surface area contributed by atoms with E-state index in [-0.39, 0.29) is 49.9 Å². The lowest BCUT2D eigenvalue weighted by molar-refractivity contribution is -0.236. The molecule has 190 valence electrons. The molecule has 1 N–H and O–H groups in total. The van der Waals surface area contributed by atoms with E-state index in [2.05, 4.69) is 0 Å². The molecule has 0 amide bonds. The van der Waals surface area contributed by atoms with Gasteiger partial charge in [0.25, 0.3) is 0 Å². The molecule has 0 heterocycles. The standard InChI is InChI=1S/C25H33F3O5S/c1-5-20(31)33-25(21(32)34-12-26)13(2)8-15-16-10-18(27)17-9-14(29)6-7-22(17,3)24(16,28)19(30)11-23(15,25)4/h9,13,15-16,18-19,30H,5-8,10-12H2,1-4H3/t13-,15+,16+,18+,19+,22+,23+,24?,25-/m1/s1. The number of hydrogen-bond donors (Lipinski definition) is 1. The Hall–Kier alpha value is -1.35. The van der Waals surface area contributed by atoms with Crippen LogP contribution in [0.5, 0.6) is 0 Å². The topological polar surface area (TPSA) is 80.7 Å². The molecule has 0 aromatic carbocycles. The molecule has 4 aliphatic carbocycles. The van der Waals surface area contributed by atoms with Gasteiger partial charge in [-0.05, 0) is 55.0 Å². The van der Waals surface area contributed by atoms with Crippen molar-refractivity contribution in [3.63, 3.8) is 0 Å². The number of carbonyl (C=O) groups excluding carboxylic acids is 3. The number of aliphatic hydroxyl groups excluding tert-OH is 1. The second-order valence-corrected chi connectivity index (χ2v) is 11.8. The molecule has 0 aromatic heterocycles. The summed E-state index contributed by atoms with van der Waals surface area (Å²) in [5, 5.41) is 10.8. The molecule has 5 nitrogen and oxygen atoms in total. The predicted octanol–water partition coefficient (Wildman–Crippen LogP) is 4.65. The Morgan fingerprint density at radius 2 is 1.94 bits per heavy atom. The van der Waals surface area contributed by atoms with E-state index in [0.717, 1.165) is 0 Å². The predicted molar refractivity (Wildman–Crippen MR) is 121 cm³/mol. The van der Waals surface area contributed by atoms with Gasteiger partial charge in [0.1, 0.15) is 17.8 Å². The molecule has 1 unspecified atom stereocenters. The number of hydrogen-bond acceptors (Lipinski definition) is 6. The number of ether oxygens (including phenoxy) is 1. The summed E-state index contributed by atoms with van der Waals surface area (Å²) in [4.78, 5) is 37.9. The maximum absolute atomic E-state index is 17.3. The summed E-state index contributed by atoms with van der Waals surface area (Å²) >= 11 is 0.407. The molecule has 3 saturated carbocycles. The van der Waals surface area contributed by atoms with Gasteiger partial charge in [0.05, 0.1) is 6.10 Å². The molecule has 9 atom stereocenters. The smallest absolute Gasteiger partial charge is 0.306 e. The molecule has 0 bridgehead atoms. The lowest BCUT2D eigenvalue weighted by atomic mass is 9.43. The van der Waals surface area contributed by atoms with Gasteiger partial charge in [-0.2, -0.15) is 0 Å². The van der Waals surface area contributed by atoms with Gasteiger partial charge in [-0.25, -0.2) is 13.2 Å². The highest BCUT2D eigenvalue weighted by atomic mass is 32.2. The van der Waals surface area contributed by atoms with Crippen LogP contribution in [-0.4, -0.2) is 51.5 Å². The van der Waals surface area contributed by atoms with Crippen LogP contribution < -0.4 is 0 Å². The summed E-state index contributed by atoms with van der Waals surface area (Å²) in [5.41, 5.74) is -6.44. The highest BCUT2D eigenvalue weighted by Crippen LogP contribution is 2.72. The average Bonchev–Trinajstić information content (AvgIpc) is 2.99. The van der Waals surface area contributed by atoms with Crippen LogP contribution in [-0.2, 0) is 19.1 Å². The van der Waals surface area contributed by atoms with Crippen LogP contribution in [0.25, 0.3) is 0 Å². The number of carbonyl (C=O) groups is 3. The van der Waals surface area contributed by atoms with Gasteiger partial charge in [0.15, 0.2) is 11.4 Å². The number of esters is 1. The first kappa shape index (κ1) is 25.7. The number of thioether (sulfide) groups is 1. The van der Waals surface area contributed by atoms with Crippen molar-refractivity contribution in [2.24, 2.45) is 28.6 Å². The van der Waals surface area contributed by atoms with E-state index in [1.165, 1.54) is 6.08 Å². The van der Waals surface area contributed by atoms with Crippen molar-refractivity contribution in [2.45, 2.75) is 89.8 Å². The van der Waals surface area contributed by atoms with Crippen LogP contribution in [0.15, 0.2) is 11.6 Å². The second-order valence-electron chi connectivity index (χ2n) is 11.0. The number of alkyl halides is 3. The molecule has 9 heteroatoms. The van der Waals surface area contributed by atoms with Crippen molar-refractivity contribution < 1.29 is 37.4 Å². The third-order valence-electron chi connectivity index (χ3n) is 9.62. The molecule has 4 rings (SSSR count). The fourth-order valence-electron chi connectivity index (χ4n) is 7.98. The maximum atomic E-state index is 17.3. The van der Waals surface area contributed by atoms with Crippen LogP contribution in [0.4, 0.5) is 13.2 Å². The van der Waals surface area contributed by atoms with E-state index in [4.69, 9.17) is 4.74 Å². The van der Waals surface area contributed by atoms with Crippen molar-refractivity contribution in [2.75, 3.05) is 6.01 Å². The normalized spacial score (nSPS) is 47.8. The molecule has 0 aromatic rings. The Kier molecular flexibility index (Phi) is 6.32. The third-order valence-corrected chi connectivity index (χ3v) is 10.3. The minimum atomic E-state index is -2.22. The van der Waals surface area contributed by atoms with Crippen molar-refractivity contribution in [3.8, 4) is 0 Å². The summed E-state index contributed by atoms with van der Waals surface area (Å²) in [6, 6.07) is -1.01. The monoisotopic (exact) mass is 502 g/mol. The summed E-state index contributed by atoms with van der Waals surface area (Å²) in [5.74, 6) is -3.00. The zero-order valence-corrected chi connectivity index (χ0v) is 20.9. The Morgan fingerprint density at radius 1 is 1.26 bits per heavy atom. The van der Waals surface area contributed by atoms with Crippen LogP contribution in [0.3, 0.4) is 0 Å². The van der Waals surface area contributed by atoms with E-state index >= 15 is 8.78 Å². The SMILES string of the molecule is CCC(=O)O[C@@]1(C(=O)SCF)[C@H](C)C[C@H]2[C@@H]3C[C@H](F)C4=CC(=O)CC[C@]4(C)C3(F)[C@@H](O)C[C@@]21C. The van der Waals surface area contributed by atoms with Crippen LogP contribution in [0.2, 0.25) is 0 Å². The van der Waals surface area contributed by atoms with Crippen molar-refractivity contribution in [1.82, 2.24) is 0 Å². The molecule has 34 heavy (non-hydrogen) atoms. The van der Waals surface area contributed by atoms with E-state index in [1.807, 2.05) is 0 Å². The summed E-state index contributed by atoms with van der Waals surface area (Å²) < 4.78 is 51.9. The van der Waals surface area contributed by atoms with Gasteiger partial charge in [-0.3, -0.25) is 14.4 Å². The van der Waals surface area contributed by atoms with Gasteiger partial charge < -0.3 is 9.84 Å². The van der Waals surface area contributed by atoms with Crippen LogP contribution in [0.1, 0.15) is 66.2 Å². The van der Waals surface area contributed by atoms with Gasteiger partial charge in [-0.15, -0.1) is 0 Å². The summed E-state index contributed by atoms with van der Waals surface area (Å²) in [6.07, 6.45) is -1.94. The first-order valence-corrected chi connectivity index (χ1v) is 13.0. The third kappa shape index (κ3) is 3.07. The average molecular weight is 503 g/mol. The Balaban J connectivity index is 1.86. The Morgan fingerprint density at radius 3 is 2.56 bits per heavy atom. The molecule has 4 aliphatic rings. The zero-order valence-electron chi connectivity index (χ0n) is 20.0. The minimum Gasteiger partial charge on any atom is -0.449 e. The minimum absolute atomic E-state index is 0.00533. The highest BCUT2D eigenvalue weighted by molar-refractivity contribution is 8.13. The second kappa shape index (κ2) is 8.36. The van der Waals surface area contributed by atoms with E-state index < -0.39 is 69.2 Å². The van der Waals surface area contributed by atoms with E-state index in [1.54, 1.807) is 27.7 Å². The zero-order chi connectivity index (χ0) is 25.3. The lowest BCUT2D eigenvalue weighted by Gasteiger charge is -2.64. The Bertz CT molecular complexity index is 942. The van der Waals surface area contributed by atoms with Gasteiger partial charge >= 0.3 is 5.97 Å². The number of ketones is 1. The van der Waals surface area contributed by atoms with Gasteiger partial charge in [0, 0.05) is 35.5 Å². The van der Waals surface area contributed by atoms with Gasteiger partial charge in [0.2, 0.25) is 5.12 Å². The first-order chi connectivity index (χ1) is 15.8. The fourth-order valence-corrected chi connectivity index (χ4v) is 8.77. The van der Waals surface area contributed by atoms with Crippen molar-refractivity contribution >= 4 is 28.6 Å². The molecular formula is C25H33F3O5S. The number of allylic oxidation sites excluding steroid dienone is 1. The summed E-state index contributed by atoms with van der Waals surface area (Å²) in [7, 11) is 0. The lowest BCUT2D eigenvalue weighted by Crippen LogP contribution is -2.71. The maximum Gasteiger partial charge on any atom is 0.306 e. The van der Waals surface area contributed by atoms with Crippen LogP contribution >= 0.6 is 11.8 Å². The fraction of sp³-hybridized carbons (Fsp3) is 0.800. The van der Waals surface area contributed by atoms with Crippen LogP contribution in [0, 0.1) is 28.6 Å². The van der Waals surface area contributed by atoms with Crippen molar-refractivity contribution in [1.29, 1.82) is 0 Å².